The van der Waals surface area contributed by atoms with Crippen LogP contribution in [0.1, 0.15) is 11.1 Å². The van der Waals surface area contributed by atoms with Gasteiger partial charge < -0.3 is 9.84 Å². The minimum Gasteiger partial charge on any atom is -0.482 e. The number of carboxylic acids is 1. The first-order chi connectivity index (χ1) is 14.0. The van der Waals surface area contributed by atoms with E-state index in [1.54, 1.807) is 11.8 Å². The van der Waals surface area contributed by atoms with Crippen molar-refractivity contribution in [3.8, 4) is 5.75 Å². The van der Waals surface area contributed by atoms with Crippen molar-refractivity contribution in [3.05, 3.63) is 98.0 Å². The molecule has 0 amide bonds. The Morgan fingerprint density at radius 2 is 1.79 bits per heavy atom. The van der Waals surface area contributed by atoms with Crippen molar-refractivity contribution in [2.75, 3.05) is 12.4 Å². The Hall–Kier alpha value is -1.77. The highest BCUT2D eigenvalue weighted by atomic mass is 127. The third-order valence-electron chi connectivity index (χ3n) is 4.01. The van der Waals surface area contributed by atoms with E-state index >= 15 is 0 Å². The molecule has 148 valence electrons. The van der Waals surface area contributed by atoms with Crippen LogP contribution in [0.3, 0.4) is 0 Å². The lowest BCUT2D eigenvalue weighted by atomic mass is 9.98. The molecule has 0 aliphatic rings. The van der Waals surface area contributed by atoms with Gasteiger partial charge in [0.2, 0.25) is 0 Å². The Kier molecular flexibility index (Phi) is 8.20. The molecule has 3 aromatic rings. The van der Waals surface area contributed by atoms with Crippen molar-refractivity contribution < 1.29 is 14.6 Å². The number of aliphatic carboxylic acids is 1. The summed E-state index contributed by atoms with van der Waals surface area (Å²) >= 11 is 7.55. The van der Waals surface area contributed by atoms with Gasteiger partial charge in [0, 0.05) is 18.7 Å². The Morgan fingerprint density at radius 3 is 2.48 bits per heavy atom. The maximum absolute atomic E-state index is 10.6. The van der Waals surface area contributed by atoms with Gasteiger partial charge in [0.1, 0.15) is 5.75 Å². The molecule has 1 N–H and O–H groups in total. The molecule has 0 heterocycles. The largest absolute Gasteiger partial charge is 0.482 e. The Balaban J connectivity index is 1.77. The van der Waals surface area contributed by atoms with Crippen LogP contribution in [0.15, 0.2) is 88.2 Å². The Labute approximate surface area is 196 Å². The van der Waals surface area contributed by atoms with Crippen LogP contribution in [-0.4, -0.2) is 23.4 Å². The van der Waals surface area contributed by atoms with Crippen LogP contribution in [0.5, 0.6) is 5.75 Å². The van der Waals surface area contributed by atoms with E-state index in [9.17, 15) is 4.79 Å². The van der Waals surface area contributed by atoms with E-state index in [2.05, 4.69) is 68.9 Å². The number of ether oxygens (including phenoxy) is 1. The average Bonchev–Trinajstić information content (AvgIpc) is 2.71. The minimum absolute atomic E-state index is 0.335. The molecule has 0 bridgehead atoms. The number of benzene rings is 3. The highest BCUT2D eigenvalue weighted by molar-refractivity contribution is 14.1. The molecule has 0 fully saturated rings. The zero-order valence-corrected chi connectivity index (χ0v) is 19.9. The highest BCUT2D eigenvalue weighted by Crippen LogP contribution is 2.31. The van der Waals surface area contributed by atoms with E-state index < -0.39 is 5.97 Å². The smallest absolute Gasteiger partial charge is 0.341 e. The predicted octanol–water partition coefficient (Wildman–Crippen LogP) is 6.74. The number of rotatable bonds is 8. The summed E-state index contributed by atoms with van der Waals surface area (Å²) in [6, 6.07) is 24.3. The van der Waals surface area contributed by atoms with E-state index in [-0.39, 0.29) is 6.61 Å². The van der Waals surface area contributed by atoms with E-state index in [4.69, 9.17) is 9.84 Å². The maximum Gasteiger partial charge on any atom is 0.341 e. The summed E-state index contributed by atoms with van der Waals surface area (Å²) in [5.41, 5.74) is 3.53. The summed E-state index contributed by atoms with van der Waals surface area (Å²) in [6.07, 6.45) is 2.24. The fourth-order valence-electron chi connectivity index (χ4n) is 2.72. The van der Waals surface area contributed by atoms with Gasteiger partial charge in [-0.15, -0.1) is 11.8 Å². The van der Waals surface area contributed by atoms with Gasteiger partial charge in [0.25, 0.3) is 0 Å². The van der Waals surface area contributed by atoms with E-state index in [1.165, 1.54) is 16.7 Å². The van der Waals surface area contributed by atoms with Crippen LogP contribution in [-0.2, 0) is 4.79 Å². The molecule has 0 unspecified atom stereocenters. The van der Waals surface area contributed by atoms with Crippen LogP contribution >= 0.6 is 50.3 Å². The molecule has 0 aromatic heterocycles. The lowest BCUT2D eigenvalue weighted by molar-refractivity contribution is -0.139. The van der Waals surface area contributed by atoms with Crippen LogP contribution < -0.4 is 4.74 Å². The first kappa shape index (κ1) is 21.9. The molecule has 29 heavy (non-hydrogen) atoms. The first-order valence-corrected chi connectivity index (χ1v) is 11.7. The van der Waals surface area contributed by atoms with E-state index in [1.807, 2.05) is 48.5 Å². The van der Waals surface area contributed by atoms with Crippen molar-refractivity contribution >= 4 is 61.8 Å². The second-order valence-electron chi connectivity index (χ2n) is 6.08. The van der Waals surface area contributed by atoms with Gasteiger partial charge >= 0.3 is 5.97 Å². The molecule has 0 saturated carbocycles. The van der Waals surface area contributed by atoms with Gasteiger partial charge in [-0.05, 0) is 69.6 Å². The van der Waals surface area contributed by atoms with Gasteiger partial charge in [0.05, 0.1) is 0 Å². The maximum atomic E-state index is 10.6. The van der Waals surface area contributed by atoms with E-state index in [0.29, 0.717) is 5.75 Å². The zero-order valence-electron chi connectivity index (χ0n) is 15.3. The molecule has 0 aliphatic carbocycles. The molecule has 3 aromatic carbocycles. The molecule has 0 radical (unpaired) electrons. The Morgan fingerprint density at radius 1 is 1.03 bits per heavy atom. The Bertz CT molecular complexity index is 1020. The van der Waals surface area contributed by atoms with Crippen molar-refractivity contribution in [2.24, 2.45) is 0 Å². The summed E-state index contributed by atoms with van der Waals surface area (Å²) in [6.45, 7) is -0.335. The lowest BCUT2D eigenvalue weighted by Crippen LogP contribution is -2.09. The van der Waals surface area contributed by atoms with E-state index in [0.717, 1.165) is 18.7 Å². The van der Waals surface area contributed by atoms with Crippen molar-refractivity contribution in [1.82, 2.24) is 0 Å². The summed E-state index contributed by atoms with van der Waals surface area (Å²) in [4.78, 5) is 11.8. The van der Waals surface area contributed by atoms with Crippen molar-refractivity contribution in [2.45, 2.75) is 4.90 Å². The molecule has 0 atom stereocenters. The summed E-state index contributed by atoms with van der Waals surface area (Å²) in [7, 11) is 0. The van der Waals surface area contributed by atoms with Gasteiger partial charge in [-0.3, -0.25) is 0 Å². The number of halogens is 2. The summed E-state index contributed by atoms with van der Waals surface area (Å²) in [5.74, 6) is 0.391. The molecule has 3 rings (SSSR count). The van der Waals surface area contributed by atoms with Crippen molar-refractivity contribution in [3.63, 3.8) is 0 Å². The fourth-order valence-corrected chi connectivity index (χ4v) is 4.87. The molecular weight excluding hydrogens is 563 g/mol. The highest BCUT2D eigenvalue weighted by Gasteiger charge is 2.07. The normalized spacial score (nSPS) is 11.3. The fraction of sp³-hybridized carbons (Fsp3) is 0.0870. The second kappa shape index (κ2) is 10.8. The first-order valence-electron chi connectivity index (χ1n) is 8.81. The predicted molar refractivity (Wildman–Crippen MR) is 131 cm³/mol. The molecule has 0 spiro atoms. The van der Waals surface area contributed by atoms with Gasteiger partial charge in [-0.2, -0.15) is 0 Å². The minimum atomic E-state index is -0.982. The van der Waals surface area contributed by atoms with Crippen LogP contribution in [0.2, 0.25) is 0 Å². The van der Waals surface area contributed by atoms with Gasteiger partial charge in [0.15, 0.2) is 6.61 Å². The zero-order chi connectivity index (χ0) is 20.6. The van der Waals surface area contributed by atoms with Crippen LogP contribution in [0, 0.1) is 3.57 Å². The van der Waals surface area contributed by atoms with Gasteiger partial charge in [-0.25, -0.2) is 4.79 Å². The summed E-state index contributed by atoms with van der Waals surface area (Å²) in [5, 5.41) is 8.73. The number of carboxylic acid groups (broad SMARTS) is 1. The molecule has 6 heteroatoms. The SMILES string of the molecule is O=C(O)COc1ccc(SC/C=C(/c2ccccc2)c2cccc(Br)c2)c(I)c1. The van der Waals surface area contributed by atoms with Crippen molar-refractivity contribution in [1.29, 1.82) is 0 Å². The third-order valence-corrected chi connectivity index (χ3v) is 6.76. The topological polar surface area (TPSA) is 46.5 Å². The van der Waals surface area contributed by atoms with Crippen LogP contribution in [0.25, 0.3) is 5.57 Å². The molecular formula is C23H18BrIO3S. The number of hydrogen-bond donors (Lipinski definition) is 1. The molecule has 0 aliphatic heterocycles. The number of thioether (sulfide) groups is 1. The second-order valence-corrected chi connectivity index (χ2v) is 9.22. The van der Waals surface area contributed by atoms with Gasteiger partial charge in [-0.1, -0.05) is 64.5 Å². The van der Waals surface area contributed by atoms with Crippen LogP contribution in [0.4, 0.5) is 0 Å². The monoisotopic (exact) mass is 580 g/mol. The number of hydrogen-bond acceptors (Lipinski definition) is 3. The quantitative estimate of drug-likeness (QED) is 0.237. The standard InChI is InChI=1S/C23H18BrIO3S/c24-18-8-4-7-17(13-18)20(16-5-2-1-3-6-16)11-12-29-22-10-9-19(14-21(22)25)28-15-23(26)27/h1-11,13-14H,12,15H2,(H,26,27)/b20-11-. The third kappa shape index (κ3) is 6.62. The molecule has 0 saturated heterocycles. The lowest BCUT2D eigenvalue weighted by Gasteiger charge is -2.10. The summed E-state index contributed by atoms with van der Waals surface area (Å²) < 4.78 is 7.33. The number of carbonyl (C=O) groups is 1. The average molecular weight is 581 g/mol. The molecule has 3 nitrogen and oxygen atoms in total.